The molecule has 1 fully saturated rings. The highest BCUT2D eigenvalue weighted by Gasteiger charge is 2.22. The highest BCUT2D eigenvalue weighted by atomic mass is 32.2. The molecule has 1 aromatic heterocycles. The van der Waals surface area contributed by atoms with Gasteiger partial charge in [0.05, 0.1) is 0 Å². The number of rotatable bonds is 7. The largest absolute Gasteiger partial charge is 0.370 e. The Morgan fingerprint density at radius 1 is 1.48 bits per heavy atom. The molecule has 2 heterocycles. The monoisotopic (exact) mass is 309 g/mol. The van der Waals surface area contributed by atoms with Crippen LogP contribution in [0.4, 0.5) is 11.6 Å². The van der Waals surface area contributed by atoms with Gasteiger partial charge in [-0.15, -0.1) is 0 Å². The van der Waals surface area contributed by atoms with Crippen molar-refractivity contribution in [2.24, 2.45) is 0 Å². The SMILES string of the molecule is CCCNc1cc(N(C)CC2CCCN2C)nc(SC)n1. The number of thioether (sulfide) groups is 1. The van der Waals surface area contributed by atoms with Gasteiger partial charge in [0.1, 0.15) is 11.6 Å². The van der Waals surface area contributed by atoms with Gasteiger partial charge >= 0.3 is 0 Å². The van der Waals surface area contributed by atoms with Gasteiger partial charge in [0.25, 0.3) is 0 Å². The van der Waals surface area contributed by atoms with Gasteiger partial charge in [-0.1, -0.05) is 18.7 Å². The number of hydrogen-bond acceptors (Lipinski definition) is 6. The number of aromatic nitrogens is 2. The first-order valence-corrected chi connectivity index (χ1v) is 8.94. The summed E-state index contributed by atoms with van der Waals surface area (Å²) in [6.07, 6.45) is 5.70. The van der Waals surface area contributed by atoms with E-state index in [1.807, 2.05) is 6.26 Å². The summed E-state index contributed by atoms with van der Waals surface area (Å²) in [7, 11) is 4.34. The second kappa shape index (κ2) is 7.84. The molecule has 1 aliphatic rings. The van der Waals surface area contributed by atoms with E-state index in [1.54, 1.807) is 11.8 Å². The van der Waals surface area contributed by atoms with E-state index in [2.05, 4.69) is 52.2 Å². The minimum absolute atomic E-state index is 0.634. The first-order valence-electron chi connectivity index (χ1n) is 7.72. The van der Waals surface area contributed by atoms with E-state index in [1.165, 1.54) is 19.4 Å². The first-order chi connectivity index (χ1) is 10.1. The molecule has 1 unspecified atom stereocenters. The Bertz CT molecular complexity index is 454. The molecule has 118 valence electrons. The smallest absolute Gasteiger partial charge is 0.191 e. The summed E-state index contributed by atoms with van der Waals surface area (Å²) in [5.41, 5.74) is 0. The van der Waals surface area contributed by atoms with Crippen LogP contribution in [0.3, 0.4) is 0 Å². The molecule has 21 heavy (non-hydrogen) atoms. The van der Waals surface area contributed by atoms with E-state index in [4.69, 9.17) is 0 Å². The van der Waals surface area contributed by atoms with E-state index >= 15 is 0 Å². The van der Waals surface area contributed by atoms with Crippen LogP contribution in [0.2, 0.25) is 0 Å². The Balaban J connectivity index is 2.09. The van der Waals surface area contributed by atoms with Crippen LogP contribution in [0, 0.1) is 0 Å². The lowest BCUT2D eigenvalue weighted by molar-refractivity contribution is 0.314. The minimum Gasteiger partial charge on any atom is -0.370 e. The van der Waals surface area contributed by atoms with Crippen molar-refractivity contribution in [1.82, 2.24) is 14.9 Å². The van der Waals surface area contributed by atoms with Crippen molar-refractivity contribution >= 4 is 23.4 Å². The Kier molecular flexibility index (Phi) is 6.11. The maximum absolute atomic E-state index is 4.65. The molecule has 5 nitrogen and oxygen atoms in total. The Hall–Kier alpha value is -1.01. The zero-order valence-electron chi connectivity index (χ0n) is 13.6. The van der Waals surface area contributed by atoms with E-state index in [-0.39, 0.29) is 0 Å². The Morgan fingerprint density at radius 2 is 2.29 bits per heavy atom. The molecule has 1 aromatic rings. The maximum atomic E-state index is 4.65. The van der Waals surface area contributed by atoms with Crippen LogP contribution in [-0.2, 0) is 0 Å². The standard InChI is InChI=1S/C15H27N5S/c1-5-8-16-13-10-14(18-15(17-13)21-4)20(3)11-12-7-6-9-19(12)2/h10,12H,5-9,11H2,1-4H3,(H,16,17,18). The van der Waals surface area contributed by atoms with Crippen LogP contribution in [-0.4, -0.2) is 60.9 Å². The van der Waals surface area contributed by atoms with Crippen LogP contribution < -0.4 is 10.2 Å². The van der Waals surface area contributed by atoms with E-state index in [0.29, 0.717) is 6.04 Å². The van der Waals surface area contributed by atoms with Crippen molar-refractivity contribution < 1.29 is 0 Å². The number of likely N-dealkylation sites (N-methyl/N-ethyl adjacent to an activating group) is 2. The molecular weight excluding hydrogens is 282 g/mol. The number of nitrogens with zero attached hydrogens (tertiary/aromatic N) is 4. The Labute approximate surface area is 132 Å². The molecule has 0 radical (unpaired) electrons. The second-order valence-corrected chi connectivity index (χ2v) is 6.46. The van der Waals surface area contributed by atoms with Gasteiger partial charge in [0.2, 0.25) is 0 Å². The van der Waals surface area contributed by atoms with Crippen LogP contribution in [0.25, 0.3) is 0 Å². The van der Waals surface area contributed by atoms with Gasteiger partial charge in [0, 0.05) is 32.2 Å². The molecule has 0 saturated carbocycles. The molecule has 2 rings (SSSR count). The fourth-order valence-corrected chi connectivity index (χ4v) is 3.04. The van der Waals surface area contributed by atoms with Crippen molar-refractivity contribution in [2.45, 2.75) is 37.4 Å². The summed E-state index contributed by atoms with van der Waals surface area (Å²) >= 11 is 1.59. The normalized spacial score (nSPS) is 19.0. The third-order valence-corrected chi connectivity index (χ3v) is 4.53. The van der Waals surface area contributed by atoms with E-state index in [9.17, 15) is 0 Å². The Morgan fingerprint density at radius 3 is 2.90 bits per heavy atom. The minimum atomic E-state index is 0.634. The third kappa shape index (κ3) is 4.48. The van der Waals surface area contributed by atoms with Gasteiger partial charge in [-0.25, -0.2) is 9.97 Å². The second-order valence-electron chi connectivity index (χ2n) is 5.68. The van der Waals surface area contributed by atoms with Crippen molar-refractivity contribution in [3.8, 4) is 0 Å². The number of hydrogen-bond donors (Lipinski definition) is 1. The van der Waals surface area contributed by atoms with Gasteiger partial charge in [0.15, 0.2) is 5.16 Å². The van der Waals surface area contributed by atoms with Crippen molar-refractivity contribution in [2.75, 3.05) is 50.2 Å². The molecule has 6 heteroatoms. The zero-order valence-corrected chi connectivity index (χ0v) is 14.4. The fraction of sp³-hybridized carbons (Fsp3) is 0.733. The number of anilines is 2. The average Bonchev–Trinajstić information content (AvgIpc) is 2.90. The lowest BCUT2D eigenvalue weighted by atomic mass is 10.2. The molecule has 0 amide bonds. The molecule has 0 aliphatic carbocycles. The van der Waals surface area contributed by atoms with Gasteiger partial charge in [-0.05, 0) is 39.1 Å². The molecule has 1 saturated heterocycles. The molecule has 0 bridgehead atoms. The molecule has 1 atom stereocenters. The van der Waals surface area contributed by atoms with E-state index < -0.39 is 0 Å². The maximum Gasteiger partial charge on any atom is 0.191 e. The average molecular weight is 309 g/mol. The quantitative estimate of drug-likeness (QED) is 0.617. The van der Waals surface area contributed by atoms with Crippen LogP contribution >= 0.6 is 11.8 Å². The molecule has 1 aliphatic heterocycles. The first kappa shape index (κ1) is 16.4. The summed E-state index contributed by atoms with van der Waals surface area (Å²) in [5.74, 6) is 1.94. The van der Waals surface area contributed by atoms with Crippen LogP contribution in [0.5, 0.6) is 0 Å². The molecule has 1 N–H and O–H groups in total. The van der Waals surface area contributed by atoms with Crippen molar-refractivity contribution in [1.29, 1.82) is 0 Å². The third-order valence-electron chi connectivity index (χ3n) is 3.98. The zero-order chi connectivity index (χ0) is 15.2. The number of nitrogens with one attached hydrogen (secondary N) is 1. The summed E-state index contributed by atoms with van der Waals surface area (Å²) in [6.45, 7) is 5.34. The highest BCUT2D eigenvalue weighted by Crippen LogP contribution is 2.22. The summed E-state index contributed by atoms with van der Waals surface area (Å²) < 4.78 is 0. The predicted octanol–water partition coefficient (Wildman–Crippen LogP) is 2.55. The van der Waals surface area contributed by atoms with Gasteiger partial charge < -0.3 is 15.1 Å². The lowest BCUT2D eigenvalue weighted by Gasteiger charge is -2.27. The van der Waals surface area contributed by atoms with Crippen molar-refractivity contribution in [3.63, 3.8) is 0 Å². The highest BCUT2D eigenvalue weighted by molar-refractivity contribution is 7.98. The van der Waals surface area contributed by atoms with E-state index in [0.717, 1.165) is 36.3 Å². The fourth-order valence-electron chi connectivity index (χ4n) is 2.66. The molecule has 0 spiro atoms. The van der Waals surface area contributed by atoms with Crippen LogP contribution in [0.15, 0.2) is 11.2 Å². The van der Waals surface area contributed by atoms with Gasteiger partial charge in [-0.2, -0.15) is 0 Å². The number of likely N-dealkylation sites (tertiary alicyclic amines) is 1. The summed E-state index contributed by atoms with van der Waals surface area (Å²) in [5, 5.41) is 4.20. The summed E-state index contributed by atoms with van der Waals surface area (Å²) in [4.78, 5) is 13.9. The van der Waals surface area contributed by atoms with Crippen molar-refractivity contribution in [3.05, 3.63) is 6.07 Å². The molecular formula is C15H27N5S. The summed E-state index contributed by atoms with van der Waals surface area (Å²) in [6, 6.07) is 2.69. The molecule has 0 aromatic carbocycles. The topological polar surface area (TPSA) is 44.3 Å². The van der Waals surface area contributed by atoms with Gasteiger partial charge in [-0.3, -0.25) is 0 Å². The predicted molar refractivity (Wildman–Crippen MR) is 91.5 cm³/mol. The van der Waals surface area contributed by atoms with Crippen LogP contribution in [0.1, 0.15) is 26.2 Å². The lowest BCUT2D eigenvalue weighted by Crippen LogP contribution is -2.37.